The molecular formula is C12H22N4. The normalized spacial score (nSPS) is 27.2. The summed E-state index contributed by atoms with van der Waals surface area (Å²) in [4.78, 5) is 2.53. The van der Waals surface area contributed by atoms with Gasteiger partial charge in [-0.15, -0.1) is 0 Å². The number of nitrogens with zero attached hydrogens (tertiary/aromatic N) is 3. The number of rotatable bonds is 3. The van der Waals surface area contributed by atoms with Crippen molar-refractivity contribution in [2.45, 2.75) is 25.8 Å². The van der Waals surface area contributed by atoms with Crippen LogP contribution in [0, 0.1) is 5.92 Å². The van der Waals surface area contributed by atoms with E-state index in [-0.39, 0.29) is 0 Å². The lowest BCUT2D eigenvalue weighted by Gasteiger charge is -2.40. The van der Waals surface area contributed by atoms with E-state index in [0.29, 0.717) is 12.0 Å². The van der Waals surface area contributed by atoms with Gasteiger partial charge in [-0.25, -0.2) is 0 Å². The molecule has 2 rings (SSSR count). The SMILES string of the molecule is CCN1CCCC(CN)C1c1cnn(C)c1. The van der Waals surface area contributed by atoms with Gasteiger partial charge in [-0.2, -0.15) is 5.10 Å². The highest BCUT2D eigenvalue weighted by molar-refractivity contribution is 5.13. The Labute approximate surface area is 97.4 Å². The third-order valence-corrected chi connectivity index (χ3v) is 3.64. The van der Waals surface area contributed by atoms with E-state index in [1.807, 2.05) is 17.9 Å². The van der Waals surface area contributed by atoms with Gasteiger partial charge in [0.05, 0.1) is 6.20 Å². The average molecular weight is 222 g/mol. The Morgan fingerprint density at radius 2 is 2.38 bits per heavy atom. The van der Waals surface area contributed by atoms with Gasteiger partial charge in [-0.1, -0.05) is 6.92 Å². The molecule has 90 valence electrons. The van der Waals surface area contributed by atoms with Crippen molar-refractivity contribution < 1.29 is 0 Å². The van der Waals surface area contributed by atoms with Crippen molar-refractivity contribution in [1.29, 1.82) is 0 Å². The van der Waals surface area contributed by atoms with Crippen LogP contribution in [0.1, 0.15) is 31.4 Å². The van der Waals surface area contributed by atoms with E-state index < -0.39 is 0 Å². The molecule has 1 aromatic rings. The third kappa shape index (κ3) is 2.13. The minimum Gasteiger partial charge on any atom is -0.330 e. The largest absolute Gasteiger partial charge is 0.330 e. The fraction of sp³-hybridized carbons (Fsp3) is 0.750. The van der Waals surface area contributed by atoms with Crippen molar-refractivity contribution in [3.63, 3.8) is 0 Å². The molecule has 0 radical (unpaired) electrons. The maximum Gasteiger partial charge on any atom is 0.0537 e. The first-order valence-corrected chi connectivity index (χ1v) is 6.19. The monoisotopic (exact) mass is 222 g/mol. The fourth-order valence-corrected chi connectivity index (χ4v) is 2.83. The van der Waals surface area contributed by atoms with E-state index in [9.17, 15) is 0 Å². The second kappa shape index (κ2) is 4.97. The molecule has 2 unspecified atom stereocenters. The average Bonchev–Trinajstić information content (AvgIpc) is 2.74. The number of nitrogens with two attached hydrogens (primary N) is 1. The molecule has 1 fully saturated rings. The predicted molar refractivity (Wildman–Crippen MR) is 65.0 cm³/mol. The number of hydrogen-bond acceptors (Lipinski definition) is 3. The van der Waals surface area contributed by atoms with Crippen LogP contribution >= 0.6 is 0 Å². The number of likely N-dealkylation sites (tertiary alicyclic amines) is 1. The molecule has 2 N–H and O–H groups in total. The zero-order valence-electron chi connectivity index (χ0n) is 10.3. The van der Waals surface area contributed by atoms with E-state index in [1.54, 1.807) is 0 Å². The Balaban J connectivity index is 2.24. The van der Waals surface area contributed by atoms with Gasteiger partial charge in [0, 0.05) is 24.8 Å². The molecule has 1 aliphatic rings. The summed E-state index contributed by atoms with van der Waals surface area (Å²) in [5.41, 5.74) is 7.22. The number of piperidine rings is 1. The molecule has 4 nitrogen and oxygen atoms in total. The van der Waals surface area contributed by atoms with Gasteiger partial charge >= 0.3 is 0 Å². The molecule has 0 aliphatic carbocycles. The van der Waals surface area contributed by atoms with Gasteiger partial charge in [0.1, 0.15) is 0 Å². The fourth-order valence-electron chi connectivity index (χ4n) is 2.83. The summed E-state index contributed by atoms with van der Waals surface area (Å²) in [6.07, 6.45) is 6.63. The minimum atomic E-state index is 0.470. The summed E-state index contributed by atoms with van der Waals surface area (Å²) in [6.45, 7) is 5.28. The van der Waals surface area contributed by atoms with Crippen molar-refractivity contribution >= 4 is 0 Å². The number of hydrogen-bond donors (Lipinski definition) is 1. The molecule has 0 saturated carbocycles. The van der Waals surface area contributed by atoms with Gasteiger partial charge in [-0.05, 0) is 38.4 Å². The van der Waals surface area contributed by atoms with E-state index in [4.69, 9.17) is 5.73 Å². The highest BCUT2D eigenvalue weighted by atomic mass is 15.3. The highest BCUT2D eigenvalue weighted by Crippen LogP contribution is 2.34. The molecule has 1 aromatic heterocycles. The maximum atomic E-state index is 5.90. The Morgan fingerprint density at radius 1 is 1.56 bits per heavy atom. The Hall–Kier alpha value is -0.870. The van der Waals surface area contributed by atoms with Crippen LogP contribution in [-0.4, -0.2) is 34.3 Å². The van der Waals surface area contributed by atoms with Crippen LogP contribution < -0.4 is 5.73 Å². The number of aromatic nitrogens is 2. The standard InChI is InChI=1S/C12H22N4/c1-3-16-6-4-5-10(7-13)12(16)11-8-14-15(2)9-11/h8-10,12H,3-7,13H2,1-2H3. The smallest absolute Gasteiger partial charge is 0.0537 e. The van der Waals surface area contributed by atoms with Crippen molar-refractivity contribution in [2.75, 3.05) is 19.6 Å². The van der Waals surface area contributed by atoms with Crippen molar-refractivity contribution in [2.24, 2.45) is 18.7 Å². The molecule has 1 saturated heterocycles. The lowest BCUT2D eigenvalue weighted by Crippen LogP contribution is -2.41. The quantitative estimate of drug-likeness (QED) is 0.834. The lowest BCUT2D eigenvalue weighted by atomic mass is 9.86. The Morgan fingerprint density at radius 3 is 2.94 bits per heavy atom. The lowest BCUT2D eigenvalue weighted by molar-refractivity contribution is 0.102. The molecule has 4 heteroatoms. The van der Waals surface area contributed by atoms with Gasteiger partial charge in [0.15, 0.2) is 0 Å². The Kier molecular flexibility index (Phi) is 3.61. The minimum absolute atomic E-state index is 0.470. The third-order valence-electron chi connectivity index (χ3n) is 3.64. The summed E-state index contributed by atoms with van der Waals surface area (Å²) >= 11 is 0. The van der Waals surface area contributed by atoms with E-state index in [2.05, 4.69) is 23.1 Å². The summed E-state index contributed by atoms with van der Waals surface area (Å²) < 4.78 is 1.88. The van der Waals surface area contributed by atoms with Crippen LogP contribution in [0.3, 0.4) is 0 Å². The van der Waals surface area contributed by atoms with E-state index >= 15 is 0 Å². The highest BCUT2D eigenvalue weighted by Gasteiger charge is 2.31. The summed E-state index contributed by atoms with van der Waals surface area (Å²) in [5.74, 6) is 0.581. The zero-order valence-corrected chi connectivity index (χ0v) is 10.3. The van der Waals surface area contributed by atoms with Crippen molar-refractivity contribution in [1.82, 2.24) is 14.7 Å². The van der Waals surface area contributed by atoms with E-state index in [1.165, 1.54) is 24.9 Å². The van der Waals surface area contributed by atoms with Crippen LogP contribution in [-0.2, 0) is 7.05 Å². The van der Waals surface area contributed by atoms with Crippen LogP contribution in [0.5, 0.6) is 0 Å². The van der Waals surface area contributed by atoms with Crippen LogP contribution in [0.15, 0.2) is 12.4 Å². The van der Waals surface area contributed by atoms with Crippen LogP contribution in [0.4, 0.5) is 0 Å². The number of aryl methyl sites for hydroxylation is 1. The van der Waals surface area contributed by atoms with Crippen molar-refractivity contribution in [3.8, 4) is 0 Å². The Bertz CT molecular complexity index is 322. The van der Waals surface area contributed by atoms with Gasteiger partial charge in [0.25, 0.3) is 0 Å². The van der Waals surface area contributed by atoms with Gasteiger partial charge in [0.2, 0.25) is 0 Å². The zero-order chi connectivity index (χ0) is 11.5. The van der Waals surface area contributed by atoms with Gasteiger partial charge < -0.3 is 5.73 Å². The second-order valence-electron chi connectivity index (χ2n) is 4.66. The first-order valence-electron chi connectivity index (χ1n) is 6.19. The second-order valence-corrected chi connectivity index (χ2v) is 4.66. The molecule has 1 aliphatic heterocycles. The van der Waals surface area contributed by atoms with Crippen molar-refractivity contribution in [3.05, 3.63) is 18.0 Å². The molecular weight excluding hydrogens is 200 g/mol. The maximum absolute atomic E-state index is 5.90. The molecule has 0 amide bonds. The van der Waals surface area contributed by atoms with E-state index in [0.717, 1.165) is 13.1 Å². The first kappa shape index (κ1) is 11.6. The molecule has 16 heavy (non-hydrogen) atoms. The van der Waals surface area contributed by atoms with Crippen LogP contribution in [0.2, 0.25) is 0 Å². The molecule has 0 spiro atoms. The van der Waals surface area contributed by atoms with Gasteiger partial charge in [-0.3, -0.25) is 9.58 Å². The topological polar surface area (TPSA) is 47.1 Å². The summed E-state index contributed by atoms with van der Waals surface area (Å²) in [7, 11) is 1.97. The summed E-state index contributed by atoms with van der Waals surface area (Å²) in [5, 5.41) is 4.28. The van der Waals surface area contributed by atoms with Crippen LogP contribution in [0.25, 0.3) is 0 Å². The summed E-state index contributed by atoms with van der Waals surface area (Å²) in [6, 6.07) is 0.470. The first-order chi connectivity index (χ1) is 7.76. The molecule has 2 heterocycles. The molecule has 2 atom stereocenters. The molecule has 0 aromatic carbocycles. The predicted octanol–water partition coefficient (Wildman–Crippen LogP) is 1.15. The molecule has 0 bridgehead atoms.